The Kier molecular flexibility index (Phi) is 7.99. The molecule has 33 heavy (non-hydrogen) atoms. The van der Waals surface area contributed by atoms with Gasteiger partial charge in [-0.3, -0.25) is 9.10 Å². The number of ether oxygens (including phenoxy) is 2. The molecule has 7 nitrogen and oxygen atoms in total. The van der Waals surface area contributed by atoms with Crippen LogP contribution in [0.4, 0.5) is 5.69 Å². The number of halogens is 1. The van der Waals surface area contributed by atoms with Crippen LogP contribution in [0.2, 0.25) is 0 Å². The number of carbonyl (C=O) groups is 1. The molecule has 0 aliphatic rings. The van der Waals surface area contributed by atoms with E-state index in [0.29, 0.717) is 27.2 Å². The van der Waals surface area contributed by atoms with Crippen molar-refractivity contribution in [2.75, 3.05) is 25.1 Å². The van der Waals surface area contributed by atoms with Crippen LogP contribution in [0.15, 0.2) is 82.2 Å². The van der Waals surface area contributed by atoms with Gasteiger partial charge in [0, 0.05) is 10.0 Å². The first kappa shape index (κ1) is 24.6. The second-order valence-electron chi connectivity index (χ2n) is 7.20. The van der Waals surface area contributed by atoms with Gasteiger partial charge < -0.3 is 14.8 Å². The number of hydrogen-bond acceptors (Lipinski definition) is 5. The molecule has 0 aliphatic heterocycles. The van der Waals surface area contributed by atoms with Gasteiger partial charge in [0.05, 0.1) is 30.8 Å². The van der Waals surface area contributed by atoms with E-state index >= 15 is 0 Å². The molecule has 3 aromatic carbocycles. The highest BCUT2D eigenvalue weighted by atomic mass is 79.9. The molecule has 1 amide bonds. The molecule has 1 unspecified atom stereocenters. The lowest BCUT2D eigenvalue weighted by molar-refractivity contribution is -0.120. The van der Waals surface area contributed by atoms with Crippen molar-refractivity contribution < 1.29 is 22.7 Å². The van der Waals surface area contributed by atoms with Crippen molar-refractivity contribution in [1.82, 2.24) is 5.32 Å². The quantitative estimate of drug-likeness (QED) is 0.437. The molecule has 0 bridgehead atoms. The normalized spacial score (nSPS) is 12.0. The first-order valence-corrected chi connectivity index (χ1v) is 12.3. The van der Waals surface area contributed by atoms with Crippen LogP contribution < -0.4 is 19.1 Å². The molecule has 0 aromatic heterocycles. The van der Waals surface area contributed by atoms with Gasteiger partial charge in [0.1, 0.15) is 18.0 Å². The van der Waals surface area contributed by atoms with E-state index in [1.807, 2.05) is 0 Å². The number of carbonyl (C=O) groups excluding carboxylic acids is 1. The summed E-state index contributed by atoms with van der Waals surface area (Å²) in [6.07, 6.45) is 0. The zero-order valence-electron chi connectivity index (χ0n) is 18.5. The van der Waals surface area contributed by atoms with E-state index in [4.69, 9.17) is 9.47 Å². The molecule has 0 radical (unpaired) electrons. The summed E-state index contributed by atoms with van der Waals surface area (Å²) in [7, 11) is -0.885. The van der Waals surface area contributed by atoms with Crippen molar-refractivity contribution >= 4 is 37.5 Å². The summed E-state index contributed by atoms with van der Waals surface area (Å²) in [5.41, 5.74) is 1.08. The Morgan fingerprint density at radius 1 is 1.00 bits per heavy atom. The molecular formula is C24H25BrN2O5S. The molecule has 3 aromatic rings. The number of methoxy groups -OCH3 is 2. The molecule has 0 spiro atoms. The minimum Gasteiger partial charge on any atom is -0.497 e. The summed E-state index contributed by atoms with van der Waals surface area (Å²) in [6, 6.07) is 19.7. The standard InChI is InChI=1S/C24H25BrN2O5S/c1-17(22-15-20(31-2)12-13-23(22)32-3)26-24(28)16-27(19-9-7-8-18(25)14-19)33(29,30)21-10-5-4-6-11-21/h4-15,17H,16H2,1-3H3,(H,26,28). The molecule has 0 aliphatic carbocycles. The summed E-state index contributed by atoms with van der Waals surface area (Å²) in [5, 5.41) is 2.87. The maximum absolute atomic E-state index is 13.4. The molecule has 0 heterocycles. The number of nitrogens with one attached hydrogen (secondary N) is 1. The van der Waals surface area contributed by atoms with Crippen molar-refractivity contribution in [2.45, 2.75) is 17.9 Å². The summed E-state index contributed by atoms with van der Waals surface area (Å²) in [5.74, 6) is 0.741. The molecule has 0 fully saturated rings. The molecule has 0 saturated heterocycles. The average Bonchev–Trinajstić information content (AvgIpc) is 2.82. The fourth-order valence-corrected chi connectivity index (χ4v) is 5.16. The minimum atomic E-state index is -3.98. The SMILES string of the molecule is COc1ccc(OC)c(C(C)NC(=O)CN(c2cccc(Br)c2)S(=O)(=O)c2ccccc2)c1. The van der Waals surface area contributed by atoms with E-state index in [0.717, 1.165) is 4.31 Å². The highest BCUT2D eigenvalue weighted by Crippen LogP contribution is 2.30. The van der Waals surface area contributed by atoms with E-state index in [9.17, 15) is 13.2 Å². The Labute approximate surface area is 202 Å². The van der Waals surface area contributed by atoms with Gasteiger partial charge in [-0.2, -0.15) is 0 Å². The Hall–Kier alpha value is -3.04. The molecule has 1 atom stereocenters. The van der Waals surface area contributed by atoms with Crippen molar-refractivity contribution in [3.63, 3.8) is 0 Å². The van der Waals surface area contributed by atoms with Gasteiger partial charge in [-0.15, -0.1) is 0 Å². The number of hydrogen-bond donors (Lipinski definition) is 1. The third-order valence-electron chi connectivity index (χ3n) is 5.00. The molecule has 0 saturated carbocycles. The number of anilines is 1. The Bertz CT molecular complexity index is 1220. The van der Waals surface area contributed by atoms with Gasteiger partial charge in [0.25, 0.3) is 10.0 Å². The molecule has 1 N–H and O–H groups in total. The van der Waals surface area contributed by atoms with Crippen molar-refractivity contribution in [3.8, 4) is 11.5 Å². The van der Waals surface area contributed by atoms with Crippen molar-refractivity contribution in [3.05, 3.63) is 82.8 Å². The van der Waals surface area contributed by atoms with Crippen LogP contribution in [0.3, 0.4) is 0 Å². The van der Waals surface area contributed by atoms with E-state index in [1.54, 1.807) is 81.8 Å². The van der Waals surface area contributed by atoms with Gasteiger partial charge in [-0.05, 0) is 55.5 Å². The first-order valence-electron chi connectivity index (χ1n) is 10.1. The molecule has 9 heteroatoms. The third-order valence-corrected chi connectivity index (χ3v) is 7.28. The van der Waals surface area contributed by atoms with Crippen LogP contribution in [0.25, 0.3) is 0 Å². The highest BCUT2D eigenvalue weighted by Gasteiger charge is 2.28. The maximum Gasteiger partial charge on any atom is 0.264 e. The van der Waals surface area contributed by atoms with Gasteiger partial charge >= 0.3 is 0 Å². The highest BCUT2D eigenvalue weighted by molar-refractivity contribution is 9.10. The predicted octanol–water partition coefficient (Wildman–Crippen LogP) is 4.54. The second kappa shape index (κ2) is 10.7. The zero-order valence-corrected chi connectivity index (χ0v) is 20.9. The predicted molar refractivity (Wildman–Crippen MR) is 131 cm³/mol. The zero-order chi connectivity index (χ0) is 24.0. The first-order chi connectivity index (χ1) is 15.8. The van der Waals surface area contributed by atoms with Crippen LogP contribution >= 0.6 is 15.9 Å². The van der Waals surface area contributed by atoms with E-state index in [2.05, 4.69) is 21.2 Å². The maximum atomic E-state index is 13.4. The van der Waals surface area contributed by atoms with Gasteiger partial charge in [-0.1, -0.05) is 40.2 Å². The number of benzene rings is 3. The van der Waals surface area contributed by atoms with Crippen LogP contribution in [0, 0.1) is 0 Å². The van der Waals surface area contributed by atoms with E-state index in [-0.39, 0.29) is 4.90 Å². The molecule has 3 rings (SSSR count). The van der Waals surface area contributed by atoms with Gasteiger partial charge in [0.2, 0.25) is 5.91 Å². The van der Waals surface area contributed by atoms with E-state index < -0.39 is 28.5 Å². The van der Waals surface area contributed by atoms with Crippen LogP contribution in [0.1, 0.15) is 18.5 Å². The smallest absolute Gasteiger partial charge is 0.264 e. The van der Waals surface area contributed by atoms with Crippen LogP contribution in [-0.2, 0) is 14.8 Å². The van der Waals surface area contributed by atoms with E-state index in [1.165, 1.54) is 12.1 Å². The van der Waals surface area contributed by atoms with Gasteiger partial charge in [0.15, 0.2) is 0 Å². The third kappa shape index (κ3) is 5.85. The number of nitrogens with zero attached hydrogens (tertiary/aromatic N) is 1. The van der Waals surface area contributed by atoms with Crippen molar-refractivity contribution in [2.24, 2.45) is 0 Å². The molecule has 174 valence electrons. The average molecular weight is 533 g/mol. The summed E-state index contributed by atoms with van der Waals surface area (Å²) in [4.78, 5) is 13.1. The summed E-state index contributed by atoms with van der Waals surface area (Å²) < 4.78 is 39.3. The van der Waals surface area contributed by atoms with Crippen LogP contribution in [0.5, 0.6) is 11.5 Å². The number of sulfonamides is 1. The van der Waals surface area contributed by atoms with Gasteiger partial charge in [-0.25, -0.2) is 8.42 Å². The largest absolute Gasteiger partial charge is 0.497 e. The van der Waals surface area contributed by atoms with Crippen molar-refractivity contribution in [1.29, 1.82) is 0 Å². The Morgan fingerprint density at radius 2 is 1.73 bits per heavy atom. The molecular weight excluding hydrogens is 508 g/mol. The lowest BCUT2D eigenvalue weighted by Crippen LogP contribution is -2.41. The monoisotopic (exact) mass is 532 g/mol. The second-order valence-corrected chi connectivity index (χ2v) is 9.98. The van der Waals surface area contributed by atoms with Crippen LogP contribution in [-0.4, -0.2) is 35.1 Å². The summed E-state index contributed by atoms with van der Waals surface area (Å²) >= 11 is 3.37. The Balaban J connectivity index is 1.90. The summed E-state index contributed by atoms with van der Waals surface area (Å²) in [6.45, 7) is 1.40. The minimum absolute atomic E-state index is 0.0975. The fraction of sp³-hybridized carbons (Fsp3) is 0.208. The number of rotatable bonds is 9. The Morgan fingerprint density at radius 3 is 2.36 bits per heavy atom. The number of amides is 1. The fourth-order valence-electron chi connectivity index (χ4n) is 3.34. The lowest BCUT2D eigenvalue weighted by Gasteiger charge is -2.25. The lowest BCUT2D eigenvalue weighted by atomic mass is 10.1. The topological polar surface area (TPSA) is 84.9 Å².